The van der Waals surface area contributed by atoms with Crippen molar-refractivity contribution in [2.24, 2.45) is 0 Å². The summed E-state index contributed by atoms with van der Waals surface area (Å²) in [6.07, 6.45) is 22.5. The van der Waals surface area contributed by atoms with E-state index in [2.05, 4.69) is 47.2 Å². The maximum atomic E-state index is 3.41. The summed E-state index contributed by atoms with van der Waals surface area (Å²) >= 11 is 3.41. The molecule has 0 rings (SSSR count). The van der Waals surface area contributed by atoms with Crippen molar-refractivity contribution in [2.75, 3.05) is 5.33 Å². The van der Waals surface area contributed by atoms with Gasteiger partial charge in [-0.15, -0.1) is 0 Å². The Morgan fingerprint density at radius 1 is 0.706 bits per heavy atom. The molecule has 0 atom stereocenters. The Kier molecular flexibility index (Phi) is 15.9. The molecule has 0 heterocycles. The lowest BCUT2D eigenvalue weighted by Gasteiger charge is -1.98. The normalized spacial score (nSPS) is 11.9. The topological polar surface area (TPSA) is 0 Å². The van der Waals surface area contributed by atoms with E-state index in [4.69, 9.17) is 0 Å². The van der Waals surface area contributed by atoms with Gasteiger partial charge in [-0.2, -0.15) is 0 Å². The summed E-state index contributed by atoms with van der Waals surface area (Å²) in [6, 6.07) is 0. The van der Waals surface area contributed by atoms with Crippen molar-refractivity contribution in [2.45, 2.75) is 71.1 Å². The third-order valence-corrected chi connectivity index (χ3v) is 3.31. The molecule has 0 saturated heterocycles. The van der Waals surface area contributed by atoms with Crippen LogP contribution in [0.1, 0.15) is 71.1 Å². The molecule has 0 fully saturated rings. The lowest BCUT2D eigenvalue weighted by molar-refractivity contribution is 0.592. The molecule has 0 aromatic rings. The average molecular weight is 301 g/mol. The molecular weight excluding hydrogens is 272 g/mol. The molecule has 0 nitrogen and oxygen atoms in total. The second-order valence-corrected chi connectivity index (χ2v) is 5.36. The first-order valence-corrected chi connectivity index (χ1v) is 8.40. The van der Waals surface area contributed by atoms with Crippen LogP contribution in [0.5, 0.6) is 0 Å². The SMILES string of the molecule is CCCCCCCCCC=CCC=CCCBr. The van der Waals surface area contributed by atoms with Gasteiger partial charge in [-0.3, -0.25) is 0 Å². The second-order valence-electron chi connectivity index (χ2n) is 4.57. The van der Waals surface area contributed by atoms with Crippen LogP contribution in [0.25, 0.3) is 0 Å². The summed E-state index contributed by atoms with van der Waals surface area (Å²) in [5, 5.41) is 1.07. The van der Waals surface area contributed by atoms with E-state index in [-0.39, 0.29) is 0 Å². The largest absolute Gasteiger partial charge is 0.0925 e. The van der Waals surface area contributed by atoms with Crippen molar-refractivity contribution in [3.8, 4) is 0 Å². The fourth-order valence-electron chi connectivity index (χ4n) is 1.79. The lowest BCUT2D eigenvalue weighted by atomic mass is 10.1. The highest BCUT2D eigenvalue weighted by Crippen LogP contribution is 2.08. The minimum Gasteiger partial charge on any atom is -0.0925 e. The molecule has 17 heavy (non-hydrogen) atoms. The van der Waals surface area contributed by atoms with E-state index in [1.807, 2.05) is 0 Å². The standard InChI is InChI=1S/C16H29Br/c1-2-3-4-5-6-7-8-9-10-11-12-13-14-15-16-17/h10-11,13-14H,2-9,12,15-16H2,1H3. The van der Waals surface area contributed by atoms with Gasteiger partial charge in [-0.05, 0) is 25.7 Å². The Labute approximate surface area is 117 Å². The molecule has 0 amide bonds. The van der Waals surface area contributed by atoms with Crippen LogP contribution in [0.4, 0.5) is 0 Å². The summed E-state index contributed by atoms with van der Waals surface area (Å²) in [5.41, 5.74) is 0. The van der Waals surface area contributed by atoms with Gasteiger partial charge in [-0.25, -0.2) is 0 Å². The molecule has 0 aliphatic rings. The van der Waals surface area contributed by atoms with E-state index in [1.165, 1.54) is 51.4 Å². The van der Waals surface area contributed by atoms with E-state index in [0.717, 1.165) is 18.2 Å². The third-order valence-electron chi connectivity index (χ3n) is 2.86. The van der Waals surface area contributed by atoms with Crippen LogP contribution < -0.4 is 0 Å². The van der Waals surface area contributed by atoms with Gasteiger partial charge in [0.2, 0.25) is 0 Å². The predicted octanol–water partition coefficient (Wildman–Crippen LogP) is 6.41. The van der Waals surface area contributed by atoms with E-state index in [1.54, 1.807) is 0 Å². The number of halogens is 1. The van der Waals surface area contributed by atoms with Gasteiger partial charge in [0.15, 0.2) is 0 Å². The molecule has 0 aromatic carbocycles. The molecule has 0 bridgehead atoms. The van der Waals surface area contributed by atoms with Crippen molar-refractivity contribution in [1.29, 1.82) is 0 Å². The minimum atomic E-state index is 1.07. The molecular formula is C16H29Br. The molecule has 0 N–H and O–H groups in total. The molecule has 100 valence electrons. The molecule has 0 aliphatic heterocycles. The van der Waals surface area contributed by atoms with Crippen LogP contribution >= 0.6 is 15.9 Å². The second kappa shape index (κ2) is 16.0. The zero-order chi connectivity index (χ0) is 12.6. The Bertz CT molecular complexity index is 182. The fourth-order valence-corrected chi connectivity index (χ4v) is 2.05. The van der Waals surface area contributed by atoms with Crippen LogP contribution in [0.3, 0.4) is 0 Å². The maximum absolute atomic E-state index is 3.41. The van der Waals surface area contributed by atoms with Crippen molar-refractivity contribution >= 4 is 15.9 Å². The quantitative estimate of drug-likeness (QED) is 0.222. The number of alkyl halides is 1. The Morgan fingerprint density at radius 3 is 1.94 bits per heavy atom. The lowest BCUT2D eigenvalue weighted by Crippen LogP contribution is -1.78. The van der Waals surface area contributed by atoms with E-state index >= 15 is 0 Å². The number of hydrogen-bond donors (Lipinski definition) is 0. The van der Waals surface area contributed by atoms with Gasteiger partial charge >= 0.3 is 0 Å². The average Bonchev–Trinajstić information content (AvgIpc) is 2.35. The monoisotopic (exact) mass is 300 g/mol. The van der Waals surface area contributed by atoms with Gasteiger partial charge in [0.25, 0.3) is 0 Å². The maximum Gasteiger partial charge on any atom is 0.00659 e. The van der Waals surface area contributed by atoms with Gasteiger partial charge < -0.3 is 0 Å². The third kappa shape index (κ3) is 16.0. The Hall–Kier alpha value is -0.0400. The van der Waals surface area contributed by atoms with E-state index in [0.29, 0.717) is 0 Å². The first-order valence-electron chi connectivity index (χ1n) is 7.27. The first kappa shape index (κ1) is 17.0. The van der Waals surface area contributed by atoms with Gasteiger partial charge in [0, 0.05) is 5.33 Å². The molecule has 0 aliphatic carbocycles. The Balaban J connectivity index is 3.08. The van der Waals surface area contributed by atoms with Crippen LogP contribution in [0.15, 0.2) is 24.3 Å². The zero-order valence-electron chi connectivity index (χ0n) is 11.5. The fraction of sp³-hybridized carbons (Fsp3) is 0.750. The van der Waals surface area contributed by atoms with Crippen molar-refractivity contribution in [1.82, 2.24) is 0 Å². The van der Waals surface area contributed by atoms with E-state index in [9.17, 15) is 0 Å². The smallest absolute Gasteiger partial charge is 0.00659 e. The van der Waals surface area contributed by atoms with Crippen LogP contribution in [0, 0.1) is 0 Å². The van der Waals surface area contributed by atoms with Crippen LogP contribution in [-0.2, 0) is 0 Å². The number of allylic oxidation sites excluding steroid dienone is 4. The highest BCUT2D eigenvalue weighted by Gasteiger charge is 1.88. The van der Waals surface area contributed by atoms with Gasteiger partial charge in [0.1, 0.15) is 0 Å². The predicted molar refractivity (Wildman–Crippen MR) is 83.9 cm³/mol. The van der Waals surface area contributed by atoms with Crippen LogP contribution in [-0.4, -0.2) is 5.33 Å². The Morgan fingerprint density at radius 2 is 1.29 bits per heavy atom. The van der Waals surface area contributed by atoms with Crippen molar-refractivity contribution < 1.29 is 0 Å². The molecule has 0 radical (unpaired) electrons. The molecule has 1 heteroatoms. The molecule has 0 saturated carbocycles. The molecule has 0 spiro atoms. The van der Waals surface area contributed by atoms with Crippen LogP contribution in [0.2, 0.25) is 0 Å². The summed E-state index contributed by atoms with van der Waals surface area (Å²) in [5.74, 6) is 0. The van der Waals surface area contributed by atoms with Gasteiger partial charge in [0.05, 0.1) is 0 Å². The highest BCUT2D eigenvalue weighted by atomic mass is 79.9. The first-order chi connectivity index (χ1) is 8.41. The summed E-state index contributed by atoms with van der Waals surface area (Å²) in [4.78, 5) is 0. The number of rotatable bonds is 12. The van der Waals surface area contributed by atoms with Gasteiger partial charge in [-0.1, -0.05) is 85.7 Å². The van der Waals surface area contributed by atoms with Crippen molar-refractivity contribution in [3.05, 3.63) is 24.3 Å². The van der Waals surface area contributed by atoms with E-state index < -0.39 is 0 Å². The number of hydrogen-bond acceptors (Lipinski definition) is 0. The minimum absolute atomic E-state index is 1.07. The summed E-state index contributed by atoms with van der Waals surface area (Å²) in [7, 11) is 0. The van der Waals surface area contributed by atoms with Crippen molar-refractivity contribution in [3.63, 3.8) is 0 Å². The highest BCUT2D eigenvalue weighted by molar-refractivity contribution is 9.09. The summed E-state index contributed by atoms with van der Waals surface area (Å²) < 4.78 is 0. The molecule has 0 aromatic heterocycles. The molecule has 0 unspecified atom stereocenters. The number of unbranched alkanes of at least 4 members (excludes halogenated alkanes) is 7. The summed E-state index contributed by atoms with van der Waals surface area (Å²) in [6.45, 7) is 2.27. The zero-order valence-corrected chi connectivity index (χ0v) is 13.1.